The molecule has 0 saturated carbocycles. The van der Waals surface area contributed by atoms with Gasteiger partial charge in [0.15, 0.2) is 11.6 Å². The number of rotatable bonds is 6. The fraction of sp³-hybridized carbons (Fsp3) is 0.188. The van der Waals surface area contributed by atoms with Crippen molar-refractivity contribution >= 4 is 56.2 Å². The number of ether oxygens (including phenoxy) is 2. The van der Waals surface area contributed by atoms with Crippen molar-refractivity contribution in [2.24, 2.45) is 0 Å². The molecule has 0 bridgehead atoms. The Kier molecular flexibility index (Phi) is 7.32. The van der Waals surface area contributed by atoms with E-state index in [9.17, 15) is 9.18 Å². The Hall–Kier alpha value is -4.28. The van der Waals surface area contributed by atoms with Crippen LogP contribution in [0, 0.1) is 5.82 Å². The van der Waals surface area contributed by atoms with Gasteiger partial charge in [-0.15, -0.1) is 0 Å². The maximum atomic E-state index is 14.7. The molecule has 5 aromatic rings. The van der Waals surface area contributed by atoms with Crippen molar-refractivity contribution < 1.29 is 18.7 Å². The molecule has 43 heavy (non-hydrogen) atoms. The minimum Gasteiger partial charge on any atom is -0.472 e. The van der Waals surface area contributed by atoms with Crippen molar-refractivity contribution in [3.63, 3.8) is 0 Å². The summed E-state index contributed by atoms with van der Waals surface area (Å²) in [7, 11) is 0. The van der Waals surface area contributed by atoms with Crippen LogP contribution in [0.3, 0.4) is 0 Å². The molecule has 1 atom stereocenters. The number of carbonyl (C=O) groups is 1. The number of likely N-dealkylation sites (tertiary alicyclic amines) is 1. The number of amides is 1. The number of benzene rings is 3. The largest absolute Gasteiger partial charge is 0.472 e. The van der Waals surface area contributed by atoms with Gasteiger partial charge < -0.3 is 19.7 Å². The molecule has 0 spiro atoms. The maximum absolute atomic E-state index is 14.7. The fourth-order valence-corrected chi connectivity index (χ4v) is 6.15. The van der Waals surface area contributed by atoms with E-state index in [-0.39, 0.29) is 35.4 Å². The van der Waals surface area contributed by atoms with Gasteiger partial charge in [-0.3, -0.25) is 0 Å². The third-order valence-corrected chi connectivity index (χ3v) is 9.03. The number of nitrogens with one attached hydrogen (secondary N) is 1. The molecule has 0 unspecified atom stereocenters. The molecule has 1 amide bonds. The highest BCUT2D eigenvalue weighted by molar-refractivity contribution is 9.10. The van der Waals surface area contributed by atoms with E-state index in [1.165, 1.54) is 28.6 Å². The molecule has 3 heterocycles. The number of halogens is 3. The predicted molar refractivity (Wildman–Crippen MR) is 165 cm³/mol. The molecule has 11 heteroatoms. The van der Waals surface area contributed by atoms with Crippen LogP contribution >= 0.6 is 27.5 Å². The molecule has 2 aliphatic rings. The van der Waals surface area contributed by atoms with Gasteiger partial charge >= 0.3 is 6.09 Å². The molecule has 0 radical (unpaired) electrons. The summed E-state index contributed by atoms with van der Waals surface area (Å²) in [6.45, 7) is 1.14. The molecule has 1 aliphatic carbocycles. The SMILES string of the molecule is O=C(OCC1c2ccccc2-c2ccccc21)N1CC[C@H](Oc2ccc3ncnc(Nc4ccc(Br)c(Cl)c4F)c3n2)C1. The first-order chi connectivity index (χ1) is 21.0. The average molecular weight is 661 g/mol. The van der Waals surface area contributed by atoms with Crippen LogP contribution in [-0.4, -0.2) is 51.7 Å². The smallest absolute Gasteiger partial charge is 0.409 e. The van der Waals surface area contributed by atoms with Crippen molar-refractivity contribution in [2.45, 2.75) is 18.4 Å². The second-order valence-corrected chi connectivity index (χ2v) is 11.6. The summed E-state index contributed by atoms with van der Waals surface area (Å²) >= 11 is 9.27. The normalized spacial score (nSPS) is 15.8. The van der Waals surface area contributed by atoms with Crippen molar-refractivity contribution in [3.8, 4) is 17.0 Å². The minimum absolute atomic E-state index is 0.000246. The minimum atomic E-state index is -0.616. The van der Waals surface area contributed by atoms with Crippen LogP contribution in [0.2, 0.25) is 5.02 Å². The summed E-state index contributed by atoms with van der Waals surface area (Å²) in [4.78, 5) is 27.8. The van der Waals surface area contributed by atoms with E-state index >= 15 is 0 Å². The van der Waals surface area contributed by atoms with Crippen LogP contribution < -0.4 is 10.1 Å². The molecular weight excluding hydrogens is 637 g/mol. The molecular formula is C32H24BrClFN5O3. The Balaban J connectivity index is 1.01. The number of hydrogen-bond donors (Lipinski definition) is 1. The first kappa shape index (κ1) is 27.5. The summed E-state index contributed by atoms with van der Waals surface area (Å²) in [5, 5.41) is 2.92. The Morgan fingerprint density at radius 3 is 2.53 bits per heavy atom. The van der Waals surface area contributed by atoms with E-state index < -0.39 is 5.82 Å². The molecule has 8 nitrogen and oxygen atoms in total. The van der Waals surface area contributed by atoms with Crippen LogP contribution in [-0.2, 0) is 4.74 Å². The number of nitrogens with zero attached hydrogens (tertiary/aromatic N) is 4. The molecule has 7 rings (SSSR count). The number of pyridine rings is 1. The molecule has 216 valence electrons. The van der Waals surface area contributed by atoms with Crippen molar-refractivity contribution in [1.29, 1.82) is 0 Å². The van der Waals surface area contributed by atoms with Crippen LogP contribution in [0.25, 0.3) is 22.2 Å². The number of fused-ring (bicyclic) bond motifs is 4. The molecule has 2 aromatic heterocycles. The Morgan fingerprint density at radius 2 is 1.77 bits per heavy atom. The first-order valence-electron chi connectivity index (χ1n) is 13.7. The number of aromatic nitrogens is 3. The quantitative estimate of drug-likeness (QED) is 0.187. The van der Waals surface area contributed by atoms with E-state index in [0.29, 0.717) is 46.7 Å². The van der Waals surface area contributed by atoms with Crippen molar-refractivity contribution in [3.05, 3.63) is 106 Å². The third-order valence-electron chi connectivity index (χ3n) is 7.77. The van der Waals surface area contributed by atoms with E-state index in [1.807, 2.05) is 24.3 Å². The lowest BCUT2D eigenvalue weighted by Crippen LogP contribution is -2.32. The topological polar surface area (TPSA) is 89.5 Å². The highest BCUT2D eigenvalue weighted by Gasteiger charge is 2.32. The van der Waals surface area contributed by atoms with Gasteiger partial charge in [-0.2, -0.15) is 0 Å². The molecule has 1 N–H and O–H groups in total. The zero-order valence-corrected chi connectivity index (χ0v) is 25.0. The van der Waals surface area contributed by atoms with Gasteiger partial charge in [-0.05, 0) is 56.4 Å². The number of carbonyl (C=O) groups excluding carboxylic acids is 1. The summed E-state index contributed by atoms with van der Waals surface area (Å²) in [6.07, 6.45) is 1.36. The monoisotopic (exact) mass is 659 g/mol. The Morgan fingerprint density at radius 1 is 1.02 bits per heavy atom. The summed E-state index contributed by atoms with van der Waals surface area (Å²) < 4.78 is 27.1. The van der Waals surface area contributed by atoms with E-state index in [4.69, 9.17) is 21.1 Å². The first-order valence-corrected chi connectivity index (χ1v) is 14.9. The van der Waals surface area contributed by atoms with Gasteiger partial charge in [-0.25, -0.2) is 24.1 Å². The zero-order chi connectivity index (χ0) is 29.5. The summed E-state index contributed by atoms with van der Waals surface area (Å²) in [5.41, 5.74) is 5.83. The zero-order valence-electron chi connectivity index (χ0n) is 22.6. The second-order valence-electron chi connectivity index (χ2n) is 10.4. The highest BCUT2D eigenvalue weighted by Crippen LogP contribution is 2.44. The Labute approximate surface area is 260 Å². The lowest BCUT2D eigenvalue weighted by molar-refractivity contribution is 0.102. The molecule has 3 aromatic carbocycles. The van der Waals surface area contributed by atoms with Crippen LogP contribution in [0.5, 0.6) is 5.88 Å². The van der Waals surface area contributed by atoms with Crippen molar-refractivity contribution in [1.82, 2.24) is 19.9 Å². The lowest BCUT2D eigenvalue weighted by atomic mass is 9.98. The summed E-state index contributed by atoms with van der Waals surface area (Å²) in [5.74, 6) is 0.0349. The van der Waals surface area contributed by atoms with E-state index in [0.717, 1.165) is 0 Å². The lowest BCUT2D eigenvalue weighted by Gasteiger charge is -2.19. The molecule has 1 aliphatic heterocycles. The van der Waals surface area contributed by atoms with Gasteiger partial charge in [0, 0.05) is 29.4 Å². The van der Waals surface area contributed by atoms with E-state index in [1.54, 1.807) is 29.2 Å². The van der Waals surface area contributed by atoms with Gasteiger partial charge in [0.1, 0.15) is 24.6 Å². The fourth-order valence-electron chi connectivity index (χ4n) is 5.68. The van der Waals surface area contributed by atoms with Crippen LogP contribution in [0.4, 0.5) is 20.7 Å². The average Bonchev–Trinajstić information content (AvgIpc) is 3.63. The predicted octanol–water partition coefficient (Wildman–Crippen LogP) is 7.73. The number of anilines is 2. The van der Waals surface area contributed by atoms with Gasteiger partial charge in [0.25, 0.3) is 0 Å². The van der Waals surface area contributed by atoms with Crippen molar-refractivity contribution in [2.75, 3.05) is 25.0 Å². The third kappa shape index (κ3) is 5.25. The molecule has 1 fully saturated rings. The Bertz CT molecular complexity index is 1830. The van der Waals surface area contributed by atoms with Crippen LogP contribution in [0.15, 0.2) is 83.6 Å². The maximum Gasteiger partial charge on any atom is 0.409 e. The standard InChI is InChI=1S/C32H24BrClFN5O3/c33-24-9-10-25(29(35)28(24)34)38-31-30-26(36-17-37-31)11-12-27(39-30)43-18-13-14-40(15-18)32(41)42-16-23-21-7-3-1-5-19(21)20-6-2-4-8-22(20)23/h1-12,17-18,23H,13-16H2,(H,36,37,38)/t18-/m0/s1. The van der Waals surface area contributed by atoms with Crippen LogP contribution in [0.1, 0.15) is 23.5 Å². The molecule has 1 saturated heterocycles. The van der Waals surface area contributed by atoms with E-state index in [2.05, 4.69) is 60.5 Å². The van der Waals surface area contributed by atoms with Gasteiger partial charge in [-0.1, -0.05) is 60.1 Å². The van der Waals surface area contributed by atoms with Gasteiger partial charge in [0.2, 0.25) is 5.88 Å². The highest BCUT2D eigenvalue weighted by atomic mass is 79.9. The second kappa shape index (κ2) is 11.4. The number of hydrogen-bond acceptors (Lipinski definition) is 7. The summed E-state index contributed by atoms with van der Waals surface area (Å²) in [6, 6.07) is 23.2. The van der Waals surface area contributed by atoms with Gasteiger partial charge in [0.05, 0.1) is 22.8 Å².